The smallest absolute Gasteiger partial charge is 0.347 e. The first-order valence-corrected chi connectivity index (χ1v) is 10.0. The highest BCUT2D eigenvalue weighted by Crippen LogP contribution is 2.00. The number of aliphatic imine (C=N–C) groups is 1. The van der Waals surface area contributed by atoms with Crippen molar-refractivity contribution in [2.24, 2.45) is 22.2 Å². The van der Waals surface area contributed by atoms with E-state index in [-0.39, 0.29) is 25.3 Å². The molecule has 18 heteroatoms. The summed E-state index contributed by atoms with van der Waals surface area (Å²) in [6.07, 6.45) is -0.556. The van der Waals surface area contributed by atoms with E-state index in [1.807, 2.05) is 5.32 Å². The molecule has 0 aromatic rings. The number of carbonyl (C=O) groups is 6. The van der Waals surface area contributed by atoms with E-state index in [4.69, 9.17) is 32.5 Å². The van der Waals surface area contributed by atoms with Gasteiger partial charge in [0, 0.05) is 6.54 Å². The molecule has 0 aliphatic heterocycles. The Morgan fingerprint density at radius 3 is 2.09 bits per heavy atom. The van der Waals surface area contributed by atoms with E-state index in [9.17, 15) is 28.8 Å². The van der Waals surface area contributed by atoms with Crippen molar-refractivity contribution in [1.29, 1.82) is 0 Å². The van der Waals surface area contributed by atoms with Gasteiger partial charge in [-0.1, -0.05) is 0 Å². The molecule has 0 heterocycles. The van der Waals surface area contributed by atoms with E-state index in [0.717, 1.165) is 0 Å². The third-order valence-electron chi connectivity index (χ3n) is 3.99. The molecule has 18 nitrogen and oxygen atoms in total. The first-order valence-electron chi connectivity index (χ1n) is 10.0. The van der Waals surface area contributed by atoms with Crippen LogP contribution >= 0.6 is 0 Å². The average Bonchev–Trinajstić information content (AvgIpc) is 2.78. The molecule has 3 unspecified atom stereocenters. The second-order valence-electron chi connectivity index (χ2n) is 6.82. The predicted octanol–water partition coefficient (Wildman–Crippen LogP) is -5.95. The molecule has 3 amide bonds. The minimum atomic E-state index is -1.76. The Labute approximate surface area is 198 Å². The molecule has 0 bridgehead atoms. The van der Waals surface area contributed by atoms with Crippen molar-refractivity contribution in [3.8, 4) is 0 Å². The van der Waals surface area contributed by atoms with Crippen molar-refractivity contribution < 1.29 is 48.9 Å². The van der Waals surface area contributed by atoms with Crippen molar-refractivity contribution in [1.82, 2.24) is 21.4 Å². The van der Waals surface area contributed by atoms with Crippen LogP contribution in [0.2, 0.25) is 0 Å². The topological polar surface area (TPSA) is 311 Å². The number of carboxylic acids is 2. The lowest BCUT2D eigenvalue weighted by Gasteiger charge is -2.19. The van der Waals surface area contributed by atoms with E-state index in [0.29, 0.717) is 0 Å². The molecule has 0 saturated heterocycles. The second kappa shape index (κ2) is 16.6. The molecule has 35 heavy (non-hydrogen) atoms. The van der Waals surface area contributed by atoms with Crippen LogP contribution in [0.15, 0.2) is 4.99 Å². The maximum atomic E-state index is 12.4. The van der Waals surface area contributed by atoms with Gasteiger partial charge in [0.1, 0.15) is 12.1 Å². The summed E-state index contributed by atoms with van der Waals surface area (Å²) >= 11 is 0. The molecule has 0 radical (unpaired) electrons. The molecule has 0 aromatic carbocycles. The molecule has 0 aliphatic rings. The van der Waals surface area contributed by atoms with Gasteiger partial charge >= 0.3 is 17.9 Å². The van der Waals surface area contributed by atoms with E-state index >= 15 is 0 Å². The van der Waals surface area contributed by atoms with Crippen molar-refractivity contribution in [2.45, 2.75) is 37.4 Å². The van der Waals surface area contributed by atoms with Gasteiger partial charge in [-0.05, 0) is 12.8 Å². The zero-order valence-electron chi connectivity index (χ0n) is 18.6. The molecule has 0 aliphatic carbocycles. The number of guanidine groups is 1. The molecular weight excluding hydrogens is 476 g/mol. The Kier molecular flexibility index (Phi) is 14.7. The zero-order valence-corrected chi connectivity index (χ0v) is 18.6. The van der Waals surface area contributed by atoms with Crippen LogP contribution in [0.1, 0.15) is 19.3 Å². The predicted molar refractivity (Wildman–Crippen MR) is 116 cm³/mol. The SMILES string of the molecule is NCC(=O)NC(CCCN=C(N)N)C(=O)NCC(=O)NC(CC(=O)O)C(=O)ONC(CO)C(=O)O. The number of carbonyl (C=O) groups excluding carboxylic acids is 4. The van der Waals surface area contributed by atoms with Gasteiger partial charge in [-0.25, -0.2) is 4.79 Å². The molecule has 3 atom stereocenters. The summed E-state index contributed by atoms with van der Waals surface area (Å²) in [7, 11) is 0. The highest BCUT2D eigenvalue weighted by atomic mass is 16.7. The summed E-state index contributed by atoms with van der Waals surface area (Å²) in [4.78, 5) is 78.1. The second-order valence-corrected chi connectivity index (χ2v) is 6.82. The molecule has 0 fully saturated rings. The Hall–Kier alpha value is -4.03. The highest BCUT2D eigenvalue weighted by molar-refractivity contribution is 5.92. The number of nitrogens with one attached hydrogen (secondary N) is 4. The Morgan fingerprint density at radius 1 is 0.943 bits per heavy atom. The van der Waals surface area contributed by atoms with Crippen LogP contribution in [-0.2, 0) is 33.6 Å². The van der Waals surface area contributed by atoms with E-state index in [1.54, 1.807) is 5.48 Å². The number of aliphatic carboxylic acids is 2. The fourth-order valence-electron chi connectivity index (χ4n) is 2.30. The largest absolute Gasteiger partial charge is 0.481 e. The van der Waals surface area contributed by atoms with Crippen LogP contribution in [0.3, 0.4) is 0 Å². The number of amides is 3. The van der Waals surface area contributed by atoms with Gasteiger partial charge in [0.15, 0.2) is 12.0 Å². The monoisotopic (exact) mass is 506 g/mol. The standard InChI is InChI=1S/C17H30N8O10/c18-5-11(27)23-8(2-1-3-21-17(19)20)14(31)22-6-12(28)24-9(4-13(29)30)16(34)35-25-10(7-26)15(32)33/h8-10,25-26H,1-7,18H2,(H,22,31)(H,23,27)(H,24,28)(H,29,30)(H,32,33)(H4,19,20,21). The number of aliphatic hydroxyl groups is 1. The van der Waals surface area contributed by atoms with Crippen molar-refractivity contribution in [2.75, 3.05) is 26.2 Å². The summed E-state index contributed by atoms with van der Waals surface area (Å²) in [6, 6.07) is -4.54. The third kappa shape index (κ3) is 14.0. The van der Waals surface area contributed by atoms with Gasteiger partial charge in [-0.2, -0.15) is 0 Å². The summed E-state index contributed by atoms with van der Waals surface area (Å²) in [5, 5.41) is 33.2. The van der Waals surface area contributed by atoms with Crippen molar-refractivity contribution >= 4 is 41.6 Å². The summed E-state index contributed by atoms with van der Waals surface area (Å²) in [5.74, 6) is -7.00. The maximum Gasteiger partial charge on any atom is 0.347 e. The lowest BCUT2D eigenvalue weighted by molar-refractivity contribution is -0.164. The summed E-state index contributed by atoms with van der Waals surface area (Å²) in [5.41, 5.74) is 17.4. The molecule has 0 saturated carbocycles. The Morgan fingerprint density at radius 2 is 1.57 bits per heavy atom. The maximum absolute atomic E-state index is 12.4. The Bertz CT molecular complexity index is 802. The molecule has 13 N–H and O–H groups in total. The van der Waals surface area contributed by atoms with Gasteiger partial charge in [0.05, 0.1) is 26.1 Å². The van der Waals surface area contributed by atoms with Crippen LogP contribution in [0.5, 0.6) is 0 Å². The number of nitrogens with two attached hydrogens (primary N) is 3. The first kappa shape index (κ1) is 31.0. The number of carboxylic acid groups (broad SMARTS) is 2. The summed E-state index contributed by atoms with van der Waals surface area (Å²) in [6.45, 7) is -1.90. The fourth-order valence-corrected chi connectivity index (χ4v) is 2.30. The van der Waals surface area contributed by atoms with Crippen LogP contribution in [0.4, 0.5) is 0 Å². The minimum absolute atomic E-state index is 0.0885. The van der Waals surface area contributed by atoms with Gasteiger partial charge in [0.2, 0.25) is 17.7 Å². The van der Waals surface area contributed by atoms with Crippen molar-refractivity contribution in [3.05, 3.63) is 0 Å². The third-order valence-corrected chi connectivity index (χ3v) is 3.99. The number of hydrogen-bond acceptors (Lipinski definition) is 11. The van der Waals surface area contributed by atoms with E-state index in [1.165, 1.54) is 0 Å². The molecule has 0 spiro atoms. The van der Waals surface area contributed by atoms with Crippen LogP contribution in [0, 0.1) is 0 Å². The van der Waals surface area contributed by atoms with Gasteiger partial charge < -0.3 is 53.3 Å². The minimum Gasteiger partial charge on any atom is -0.481 e. The number of hydroxylamine groups is 1. The van der Waals surface area contributed by atoms with E-state index < -0.39 is 79.9 Å². The average molecular weight is 506 g/mol. The van der Waals surface area contributed by atoms with Crippen molar-refractivity contribution in [3.63, 3.8) is 0 Å². The highest BCUT2D eigenvalue weighted by Gasteiger charge is 2.28. The quantitative estimate of drug-likeness (QED) is 0.0380. The number of nitrogens with zero attached hydrogens (tertiary/aromatic N) is 1. The molecule has 0 aromatic heterocycles. The van der Waals surface area contributed by atoms with Crippen LogP contribution < -0.4 is 38.6 Å². The van der Waals surface area contributed by atoms with Gasteiger partial charge in [-0.15, -0.1) is 5.48 Å². The number of aliphatic hydroxyl groups excluding tert-OH is 1. The fraction of sp³-hybridized carbons (Fsp3) is 0.588. The number of hydrogen-bond donors (Lipinski definition) is 10. The van der Waals surface area contributed by atoms with Gasteiger partial charge in [-0.3, -0.25) is 29.0 Å². The van der Waals surface area contributed by atoms with Gasteiger partial charge in [0.25, 0.3) is 0 Å². The van der Waals surface area contributed by atoms with Crippen LogP contribution in [-0.4, -0.2) is 101 Å². The lowest BCUT2D eigenvalue weighted by Crippen LogP contribution is -2.52. The molecular formula is C17H30N8O10. The lowest BCUT2D eigenvalue weighted by atomic mass is 10.1. The zero-order chi connectivity index (χ0) is 27.0. The Balaban J connectivity index is 4.99. The number of rotatable bonds is 17. The normalized spacial score (nSPS) is 12.9. The molecule has 198 valence electrons. The first-order chi connectivity index (χ1) is 16.4. The van der Waals surface area contributed by atoms with E-state index in [2.05, 4.69) is 20.5 Å². The van der Waals surface area contributed by atoms with Crippen LogP contribution in [0.25, 0.3) is 0 Å². The molecule has 0 rings (SSSR count). The summed E-state index contributed by atoms with van der Waals surface area (Å²) < 4.78 is 0.